The zero-order valence-corrected chi connectivity index (χ0v) is 9.32. The van der Waals surface area contributed by atoms with E-state index in [0.29, 0.717) is 5.92 Å². The molecule has 0 nitrogen and oxygen atoms in total. The van der Waals surface area contributed by atoms with Gasteiger partial charge in [0, 0.05) is 9.75 Å². The molecule has 1 rings (SSSR count). The number of allylic oxidation sites excluding steroid dienone is 2. The summed E-state index contributed by atoms with van der Waals surface area (Å²) < 4.78 is 0. The van der Waals surface area contributed by atoms with Gasteiger partial charge < -0.3 is 0 Å². The third-order valence-electron chi connectivity index (χ3n) is 1.93. The monoisotopic (exact) mass is 192 g/mol. The summed E-state index contributed by atoms with van der Waals surface area (Å²) >= 11 is 1.87. The minimum Gasteiger partial charge on any atom is -0.140 e. The molecular formula is C12H16S. The Bertz CT molecular complexity index is 316. The van der Waals surface area contributed by atoms with Crippen molar-refractivity contribution in [2.45, 2.75) is 26.7 Å². The van der Waals surface area contributed by atoms with E-state index in [1.165, 1.54) is 15.3 Å². The van der Waals surface area contributed by atoms with Crippen LogP contribution in [-0.2, 0) is 0 Å². The molecule has 0 aliphatic carbocycles. The largest absolute Gasteiger partial charge is 0.140 e. The molecule has 1 heterocycles. The summed E-state index contributed by atoms with van der Waals surface area (Å²) in [6, 6.07) is 2.28. The number of hydrogen-bond acceptors (Lipinski definition) is 1. The Morgan fingerprint density at radius 1 is 1.46 bits per heavy atom. The molecule has 0 N–H and O–H groups in total. The first kappa shape index (κ1) is 10.3. The highest BCUT2D eigenvalue weighted by Gasteiger charge is 2.05. The fourth-order valence-electron chi connectivity index (χ4n) is 1.13. The lowest BCUT2D eigenvalue weighted by Gasteiger charge is -1.96. The van der Waals surface area contributed by atoms with Gasteiger partial charge in [-0.1, -0.05) is 32.6 Å². The van der Waals surface area contributed by atoms with Crippen LogP contribution in [0.3, 0.4) is 0 Å². The van der Waals surface area contributed by atoms with Crippen LogP contribution in [0, 0.1) is 6.92 Å². The lowest BCUT2D eigenvalue weighted by molar-refractivity contribution is 0.889. The van der Waals surface area contributed by atoms with Crippen molar-refractivity contribution in [3.05, 3.63) is 40.1 Å². The molecule has 1 heteroatoms. The Morgan fingerprint density at radius 2 is 2.15 bits per heavy atom. The molecule has 0 atom stereocenters. The van der Waals surface area contributed by atoms with Gasteiger partial charge in [0.15, 0.2) is 0 Å². The van der Waals surface area contributed by atoms with Crippen LogP contribution in [0.15, 0.2) is 24.8 Å². The highest BCUT2D eigenvalue weighted by Crippen LogP contribution is 2.28. The Kier molecular flexibility index (Phi) is 3.49. The van der Waals surface area contributed by atoms with Gasteiger partial charge in [-0.25, -0.2) is 0 Å². The van der Waals surface area contributed by atoms with Gasteiger partial charge in [-0.05, 0) is 30.5 Å². The van der Waals surface area contributed by atoms with Crippen molar-refractivity contribution in [2.24, 2.45) is 0 Å². The van der Waals surface area contributed by atoms with E-state index in [4.69, 9.17) is 0 Å². The van der Waals surface area contributed by atoms with Crippen LogP contribution in [0.2, 0.25) is 0 Å². The first-order valence-electron chi connectivity index (χ1n) is 4.54. The van der Waals surface area contributed by atoms with Crippen LogP contribution in [0.1, 0.15) is 35.1 Å². The first-order valence-corrected chi connectivity index (χ1v) is 5.36. The summed E-state index contributed by atoms with van der Waals surface area (Å²) in [6.07, 6.45) is 5.93. The molecule has 13 heavy (non-hydrogen) atoms. The molecule has 1 aromatic heterocycles. The van der Waals surface area contributed by atoms with Crippen molar-refractivity contribution in [1.29, 1.82) is 0 Å². The lowest BCUT2D eigenvalue weighted by atomic mass is 10.1. The van der Waals surface area contributed by atoms with Gasteiger partial charge in [-0.2, -0.15) is 0 Å². The van der Waals surface area contributed by atoms with Crippen LogP contribution in [-0.4, -0.2) is 0 Å². The van der Waals surface area contributed by atoms with E-state index in [1.54, 1.807) is 0 Å². The zero-order chi connectivity index (χ0) is 9.84. The predicted molar refractivity (Wildman–Crippen MR) is 62.4 cm³/mol. The quantitative estimate of drug-likeness (QED) is 0.623. The second-order valence-electron chi connectivity index (χ2n) is 3.45. The summed E-state index contributed by atoms with van der Waals surface area (Å²) in [7, 11) is 0. The number of hydrogen-bond donors (Lipinski definition) is 0. The minimum absolute atomic E-state index is 0.634. The molecule has 1 aromatic rings. The van der Waals surface area contributed by atoms with Gasteiger partial charge in [-0.3, -0.25) is 0 Å². The minimum atomic E-state index is 0.634. The van der Waals surface area contributed by atoms with Crippen molar-refractivity contribution < 1.29 is 0 Å². The van der Waals surface area contributed by atoms with Crippen LogP contribution < -0.4 is 0 Å². The maximum atomic E-state index is 3.67. The topological polar surface area (TPSA) is 0 Å². The van der Waals surface area contributed by atoms with E-state index in [2.05, 4.69) is 39.5 Å². The molecule has 0 unspecified atom stereocenters. The molecule has 0 spiro atoms. The maximum Gasteiger partial charge on any atom is 0.0302 e. The van der Waals surface area contributed by atoms with Crippen molar-refractivity contribution in [3.63, 3.8) is 0 Å². The Balaban J connectivity index is 2.96. The third kappa shape index (κ3) is 2.56. The number of thiophene rings is 1. The van der Waals surface area contributed by atoms with E-state index in [0.717, 1.165) is 0 Å². The fourth-order valence-corrected chi connectivity index (χ4v) is 2.22. The summed E-state index contributed by atoms with van der Waals surface area (Å²) in [5, 5.41) is 0. The first-order chi connectivity index (χ1) is 6.15. The van der Waals surface area contributed by atoms with Crippen LogP contribution in [0.25, 0.3) is 6.08 Å². The fraction of sp³-hybridized carbons (Fsp3) is 0.333. The summed E-state index contributed by atoms with van der Waals surface area (Å²) in [4.78, 5) is 2.81. The second kappa shape index (κ2) is 4.43. The molecule has 0 aliphatic rings. The third-order valence-corrected chi connectivity index (χ3v) is 3.43. The molecule has 0 saturated heterocycles. The Labute approximate surface area is 84.6 Å². The van der Waals surface area contributed by atoms with Crippen molar-refractivity contribution >= 4 is 17.4 Å². The lowest BCUT2D eigenvalue weighted by Crippen LogP contribution is -1.77. The standard InChI is InChI=1S/C12H16S/c1-5-6-7-11-10(4)8-12(13-11)9(2)3/h5-9H,1H2,2-4H3/b7-6-. The predicted octanol–water partition coefficient (Wildman–Crippen LogP) is 4.38. The highest BCUT2D eigenvalue weighted by atomic mass is 32.1. The zero-order valence-electron chi connectivity index (χ0n) is 8.50. The molecule has 0 radical (unpaired) electrons. The van der Waals surface area contributed by atoms with Crippen LogP contribution in [0.5, 0.6) is 0 Å². The van der Waals surface area contributed by atoms with Gasteiger partial charge >= 0.3 is 0 Å². The molecular weight excluding hydrogens is 176 g/mol. The number of rotatable bonds is 3. The molecule has 0 fully saturated rings. The van der Waals surface area contributed by atoms with Crippen molar-refractivity contribution in [3.8, 4) is 0 Å². The number of aryl methyl sites for hydroxylation is 1. The molecule has 70 valence electrons. The molecule has 0 amide bonds. The summed E-state index contributed by atoms with van der Waals surface area (Å²) in [6.45, 7) is 10.3. The van der Waals surface area contributed by atoms with E-state index in [1.807, 2.05) is 23.5 Å². The van der Waals surface area contributed by atoms with Crippen molar-refractivity contribution in [1.82, 2.24) is 0 Å². The molecule has 0 bridgehead atoms. The van der Waals surface area contributed by atoms with Gasteiger partial charge in [0.25, 0.3) is 0 Å². The normalized spacial score (nSPS) is 11.4. The summed E-state index contributed by atoms with van der Waals surface area (Å²) in [5.74, 6) is 0.634. The Morgan fingerprint density at radius 3 is 2.62 bits per heavy atom. The summed E-state index contributed by atoms with van der Waals surface area (Å²) in [5.41, 5.74) is 1.37. The van der Waals surface area contributed by atoms with Crippen molar-refractivity contribution in [2.75, 3.05) is 0 Å². The van der Waals surface area contributed by atoms with Crippen LogP contribution in [0.4, 0.5) is 0 Å². The van der Waals surface area contributed by atoms with E-state index in [9.17, 15) is 0 Å². The van der Waals surface area contributed by atoms with Gasteiger partial charge in [0.2, 0.25) is 0 Å². The average Bonchev–Trinajstić information content (AvgIpc) is 2.44. The van der Waals surface area contributed by atoms with Gasteiger partial charge in [-0.15, -0.1) is 11.3 Å². The SMILES string of the molecule is C=C/C=C\c1sc(C(C)C)cc1C. The second-order valence-corrected chi connectivity index (χ2v) is 4.56. The van der Waals surface area contributed by atoms with E-state index < -0.39 is 0 Å². The smallest absolute Gasteiger partial charge is 0.0302 e. The van der Waals surface area contributed by atoms with E-state index >= 15 is 0 Å². The molecule has 0 saturated carbocycles. The average molecular weight is 192 g/mol. The van der Waals surface area contributed by atoms with Crippen LogP contribution >= 0.6 is 11.3 Å². The Hall–Kier alpha value is -0.820. The van der Waals surface area contributed by atoms with Gasteiger partial charge in [0.1, 0.15) is 0 Å². The van der Waals surface area contributed by atoms with Gasteiger partial charge in [0.05, 0.1) is 0 Å². The maximum absolute atomic E-state index is 3.67. The van der Waals surface area contributed by atoms with E-state index in [-0.39, 0.29) is 0 Å². The molecule has 0 aromatic carbocycles. The highest BCUT2D eigenvalue weighted by molar-refractivity contribution is 7.13. The molecule has 0 aliphatic heterocycles.